The lowest BCUT2D eigenvalue weighted by molar-refractivity contribution is 0.297. The number of rotatable bonds is 4. The zero-order chi connectivity index (χ0) is 13.0. The van der Waals surface area contributed by atoms with E-state index in [1.165, 1.54) is 31.2 Å². The van der Waals surface area contributed by atoms with Gasteiger partial charge in [-0.05, 0) is 61.5 Å². The minimum absolute atomic E-state index is 0.559. The molecule has 1 saturated carbocycles. The summed E-state index contributed by atoms with van der Waals surface area (Å²) in [4.78, 5) is 0. The van der Waals surface area contributed by atoms with Crippen LogP contribution >= 0.6 is 23.2 Å². The number of nitrogens with one attached hydrogen (secondary N) is 1. The highest BCUT2D eigenvalue weighted by Crippen LogP contribution is 2.41. The Bertz CT molecular complexity index is 392. The van der Waals surface area contributed by atoms with Crippen molar-refractivity contribution >= 4 is 23.2 Å². The Kier molecular flexibility index (Phi) is 5.35. The molecule has 0 aromatic heterocycles. The van der Waals surface area contributed by atoms with Crippen molar-refractivity contribution in [1.82, 2.24) is 5.32 Å². The molecule has 0 radical (unpaired) electrons. The minimum Gasteiger partial charge on any atom is -0.317 e. The van der Waals surface area contributed by atoms with Crippen LogP contribution in [-0.2, 0) is 0 Å². The molecule has 3 heteroatoms. The molecule has 0 bridgehead atoms. The summed E-state index contributed by atoms with van der Waals surface area (Å²) in [6.07, 6.45) is 5.16. The van der Waals surface area contributed by atoms with Gasteiger partial charge < -0.3 is 5.32 Å². The first-order chi connectivity index (χ1) is 8.72. The molecule has 2 atom stereocenters. The van der Waals surface area contributed by atoms with Gasteiger partial charge in [-0.25, -0.2) is 0 Å². The molecular weight excluding hydrogens is 265 g/mol. The van der Waals surface area contributed by atoms with E-state index in [0.29, 0.717) is 11.8 Å². The fraction of sp³-hybridized carbons (Fsp3) is 0.600. The number of benzene rings is 1. The maximum Gasteiger partial charge on any atom is 0.0441 e. The van der Waals surface area contributed by atoms with Crippen molar-refractivity contribution in [1.29, 1.82) is 0 Å². The molecule has 0 heterocycles. The first kappa shape index (κ1) is 14.2. The third-order valence-corrected chi connectivity index (χ3v) is 4.50. The van der Waals surface area contributed by atoms with Crippen LogP contribution in [0.5, 0.6) is 0 Å². The standard InChI is InChI=1S/C15H21Cl2N/c1-2-18-10-11-5-3-4-6-13(11)14-9-12(16)7-8-15(14)17/h7-9,11,13,18H,2-6,10H2,1H3. The van der Waals surface area contributed by atoms with E-state index < -0.39 is 0 Å². The fourth-order valence-electron chi connectivity index (χ4n) is 2.99. The molecule has 1 aromatic rings. The Morgan fingerprint density at radius 2 is 2.00 bits per heavy atom. The fourth-order valence-corrected chi connectivity index (χ4v) is 3.43. The quantitative estimate of drug-likeness (QED) is 0.832. The van der Waals surface area contributed by atoms with Crippen molar-refractivity contribution in [3.63, 3.8) is 0 Å². The maximum absolute atomic E-state index is 6.35. The van der Waals surface area contributed by atoms with Crippen molar-refractivity contribution in [3.05, 3.63) is 33.8 Å². The van der Waals surface area contributed by atoms with Gasteiger partial charge in [-0.3, -0.25) is 0 Å². The highest BCUT2D eigenvalue weighted by Gasteiger charge is 2.27. The summed E-state index contributed by atoms with van der Waals surface area (Å²) in [6.45, 7) is 4.28. The molecular formula is C15H21Cl2N. The minimum atomic E-state index is 0.559. The van der Waals surface area contributed by atoms with Gasteiger partial charge in [0.05, 0.1) is 0 Å². The molecule has 2 rings (SSSR count). The van der Waals surface area contributed by atoms with Crippen molar-refractivity contribution < 1.29 is 0 Å². The lowest BCUT2D eigenvalue weighted by atomic mass is 9.75. The monoisotopic (exact) mass is 285 g/mol. The summed E-state index contributed by atoms with van der Waals surface area (Å²) in [7, 11) is 0. The molecule has 1 aliphatic rings. The molecule has 0 spiro atoms. The van der Waals surface area contributed by atoms with Gasteiger partial charge in [0.1, 0.15) is 0 Å². The Hall–Kier alpha value is -0.240. The van der Waals surface area contributed by atoms with Crippen LogP contribution in [0.4, 0.5) is 0 Å². The highest BCUT2D eigenvalue weighted by molar-refractivity contribution is 6.33. The van der Waals surface area contributed by atoms with Crippen LogP contribution in [0, 0.1) is 5.92 Å². The Labute approximate surface area is 120 Å². The summed E-state index contributed by atoms with van der Waals surface area (Å²) in [5, 5.41) is 5.14. The van der Waals surface area contributed by atoms with Crippen LogP contribution < -0.4 is 5.32 Å². The van der Waals surface area contributed by atoms with E-state index in [1.807, 2.05) is 12.1 Å². The molecule has 2 unspecified atom stereocenters. The first-order valence-corrected chi connectivity index (χ1v) is 7.63. The van der Waals surface area contributed by atoms with Crippen molar-refractivity contribution in [2.24, 2.45) is 5.92 Å². The zero-order valence-electron chi connectivity index (χ0n) is 10.9. The molecule has 1 fully saturated rings. The van der Waals surface area contributed by atoms with Crippen LogP contribution in [0.3, 0.4) is 0 Å². The van der Waals surface area contributed by atoms with Crippen molar-refractivity contribution in [3.8, 4) is 0 Å². The lowest BCUT2D eigenvalue weighted by Gasteiger charge is -2.32. The zero-order valence-corrected chi connectivity index (χ0v) is 12.4. The third kappa shape index (κ3) is 3.40. The summed E-state index contributed by atoms with van der Waals surface area (Å²) in [6, 6.07) is 5.85. The molecule has 1 N–H and O–H groups in total. The SMILES string of the molecule is CCNCC1CCCCC1c1cc(Cl)ccc1Cl. The smallest absolute Gasteiger partial charge is 0.0441 e. The second-order valence-corrected chi connectivity index (χ2v) is 5.97. The van der Waals surface area contributed by atoms with Gasteiger partial charge in [-0.15, -0.1) is 0 Å². The molecule has 1 aliphatic carbocycles. The molecule has 18 heavy (non-hydrogen) atoms. The van der Waals surface area contributed by atoms with E-state index in [9.17, 15) is 0 Å². The molecule has 1 aromatic carbocycles. The van der Waals surface area contributed by atoms with E-state index in [0.717, 1.165) is 23.1 Å². The molecule has 100 valence electrons. The maximum atomic E-state index is 6.35. The van der Waals surface area contributed by atoms with Gasteiger partial charge in [0.15, 0.2) is 0 Å². The molecule has 0 amide bonds. The highest BCUT2D eigenvalue weighted by atomic mass is 35.5. The predicted molar refractivity (Wildman–Crippen MR) is 79.7 cm³/mol. The topological polar surface area (TPSA) is 12.0 Å². The van der Waals surface area contributed by atoms with Crippen LogP contribution in [0.25, 0.3) is 0 Å². The number of halogens is 2. The van der Waals surface area contributed by atoms with Crippen LogP contribution in [0.15, 0.2) is 18.2 Å². The van der Waals surface area contributed by atoms with Crippen molar-refractivity contribution in [2.75, 3.05) is 13.1 Å². The summed E-state index contributed by atoms with van der Waals surface area (Å²) < 4.78 is 0. The van der Waals surface area contributed by atoms with Gasteiger partial charge >= 0.3 is 0 Å². The van der Waals surface area contributed by atoms with Crippen LogP contribution in [0.2, 0.25) is 10.0 Å². The van der Waals surface area contributed by atoms with Gasteiger partial charge in [0, 0.05) is 10.0 Å². The third-order valence-electron chi connectivity index (χ3n) is 3.92. The molecule has 0 saturated heterocycles. The second kappa shape index (κ2) is 6.79. The summed E-state index contributed by atoms with van der Waals surface area (Å²) in [5.41, 5.74) is 1.24. The van der Waals surface area contributed by atoms with Gasteiger partial charge in [-0.2, -0.15) is 0 Å². The Morgan fingerprint density at radius 1 is 1.22 bits per heavy atom. The number of hydrogen-bond acceptors (Lipinski definition) is 1. The Balaban J connectivity index is 2.19. The molecule has 0 aliphatic heterocycles. The lowest BCUT2D eigenvalue weighted by Crippen LogP contribution is -2.29. The van der Waals surface area contributed by atoms with Crippen molar-refractivity contribution in [2.45, 2.75) is 38.5 Å². The Morgan fingerprint density at radius 3 is 2.78 bits per heavy atom. The summed E-state index contributed by atoms with van der Waals surface area (Å²) in [5.74, 6) is 1.25. The average Bonchev–Trinajstić information content (AvgIpc) is 2.39. The largest absolute Gasteiger partial charge is 0.317 e. The van der Waals surface area contributed by atoms with E-state index in [2.05, 4.69) is 18.3 Å². The van der Waals surface area contributed by atoms with E-state index in [-0.39, 0.29) is 0 Å². The van der Waals surface area contributed by atoms with E-state index in [4.69, 9.17) is 23.2 Å². The molecule has 1 nitrogen and oxygen atoms in total. The van der Waals surface area contributed by atoms with E-state index >= 15 is 0 Å². The summed E-state index contributed by atoms with van der Waals surface area (Å²) >= 11 is 12.5. The van der Waals surface area contributed by atoms with Gasteiger partial charge in [-0.1, -0.05) is 43.0 Å². The van der Waals surface area contributed by atoms with Gasteiger partial charge in [0.25, 0.3) is 0 Å². The van der Waals surface area contributed by atoms with Crippen LogP contribution in [-0.4, -0.2) is 13.1 Å². The van der Waals surface area contributed by atoms with Gasteiger partial charge in [0.2, 0.25) is 0 Å². The first-order valence-electron chi connectivity index (χ1n) is 6.88. The van der Waals surface area contributed by atoms with Crippen LogP contribution in [0.1, 0.15) is 44.1 Å². The predicted octanol–water partition coefficient (Wildman–Crippen LogP) is 4.88. The normalized spacial score (nSPS) is 24.2. The number of hydrogen-bond donors (Lipinski definition) is 1. The second-order valence-electron chi connectivity index (χ2n) is 5.12. The average molecular weight is 286 g/mol. The van der Waals surface area contributed by atoms with E-state index in [1.54, 1.807) is 0 Å².